The van der Waals surface area contributed by atoms with Crippen LogP contribution in [0.25, 0.3) is 0 Å². The molecular weight excluding hydrogens is 370 g/mol. The number of fused-ring (bicyclic) bond motifs is 2. The molecule has 0 saturated carbocycles. The first kappa shape index (κ1) is 21.1. The van der Waals surface area contributed by atoms with Crippen LogP contribution in [0.5, 0.6) is 0 Å². The van der Waals surface area contributed by atoms with Crippen molar-refractivity contribution >= 4 is 23.6 Å². The quantitative estimate of drug-likeness (QED) is 0.812. The lowest BCUT2D eigenvalue weighted by Gasteiger charge is -2.28. The number of para-hydroxylation sites is 1. The zero-order valence-corrected chi connectivity index (χ0v) is 17.9. The normalized spacial score (nSPS) is 21.9. The Morgan fingerprint density at radius 2 is 1.97 bits per heavy atom. The molecule has 0 bridgehead atoms. The summed E-state index contributed by atoms with van der Waals surface area (Å²) in [7, 11) is 0. The van der Waals surface area contributed by atoms with Gasteiger partial charge in [-0.25, -0.2) is 4.79 Å². The molecule has 3 amide bonds. The number of nitrogens with one attached hydrogen (secondary N) is 2. The van der Waals surface area contributed by atoms with Crippen molar-refractivity contribution < 1.29 is 19.1 Å². The Bertz CT molecular complexity index is 815. The Labute approximate surface area is 172 Å². The van der Waals surface area contributed by atoms with E-state index in [9.17, 15) is 14.4 Å². The van der Waals surface area contributed by atoms with Crippen molar-refractivity contribution in [3.8, 4) is 0 Å². The number of anilines is 1. The van der Waals surface area contributed by atoms with Crippen LogP contribution in [0.3, 0.4) is 0 Å². The van der Waals surface area contributed by atoms with Gasteiger partial charge in [0, 0.05) is 18.8 Å². The molecule has 2 heterocycles. The molecule has 1 saturated heterocycles. The number of nitrogens with zero attached hydrogens (tertiary/aromatic N) is 1. The van der Waals surface area contributed by atoms with Crippen LogP contribution in [0.15, 0.2) is 24.3 Å². The smallest absolute Gasteiger partial charge is 0.408 e. The third-order valence-electron chi connectivity index (χ3n) is 5.40. The molecule has 0 aliphatic carbocycles. The molecule has 0 aromatic heterocycles. The fourth-order valence-corrected chi connectivity index (χ4v) is 4.14. The number of ether oxygens (including phenoxy) is 1. The van der Waals surface area contributed by atoms with Crippen LogP contribution in [0, 0.1) is 5.92 Å². The first-order chi connectivity index (χ1) is 13.5. The Balaban J connectivity index is 1.76. The number of hydrogen-bond acceptors (Lipinski definition) is 4. The number of amides is 3. The van der Waals surface area contributed by atoms with E-state index in [1.807, 2.05) is 38.1 Å². The highest BCUT2D eigenvalue weighted by Gasteiger charge is 2.52. The second kappa shape index (κ2) is 7.69. The van der Waals surface area contributed by atoms with Gasteiger partial charge in [-0.2, -0.15) is 0 Å². The van der Waals surface area contributed by atoms with Gasteiger partial charge in [0.15, 0.2) is 0 Å². The van der Waals surface area contributed by atoms with Crippen molar-refractivity contribution in [3.05, 3.63) is 29.8 Å². The maximum Gasteiger partial charge on any atom is 0.408 e. The molecule has 0 unspecified atom stereocenters. The number of alkyl carbamates (subject to hydrolysis) is 1. The number of carbonyl (C=O) groups is 3. The minimum absolute atomic E-state index is 0.0606. The highest BCUT2D eigenvalue weighted by atomic mass is 16.6. The second-order valence-corrected chi connectivity index (χ2v) is 9.42. The molecule has 29 heavy (non-hydrogen) atoms. The van der Waals surface area contributed by atoms with Gasteiger partial charge in [-0.1, -0.05) is 32.0 Å². The minimum Gasteiger partial charge on any atom is -0.444 e. The molecule has 0 radical (unpaired) electrons. The summed E-state index contributed by atoms with van der Waals surface area (Å²) in [4.78, 5) is 40.0. The summed E-state index contributed by atoms with van der Waals surface area (Å²) in [5.41, 5.74) is 0.414. The van der Waals surface area contributed by atoms with Gasteiger partial charge in [0.1, 0.15) is 11.6 Å². The number of rotatable bonds is 4. The average Bonchev–Trinajstić information content (AvgIpc) is 3.16. The maximum atomic E-state index is 13.3. The lowest BCUT2D eigenvalue weighted by atomic mass is 9.81. The van der Waals surface area contributed by atoms with Crippen LogP contribution in [0.4, 0.5) is 10.5 Å². The molecule has 1 aromatic rings. The van der Waals surface area contributed by atoms with Crippen molar-refractivity contribution in [3.63, 3.8) is 0 Å². The molecule has 3 rings (SSSR count). The van der Waals surface area contributed by atoms with Crippen molar-refractivity contribution in [2.45, 2.75) is 64.5 Å². The molecule has 1 spiro atoms. The van der Waals surface area contributed by atoms with Crippen LogP contribution < -0.4 is 10.6 Å². The minimum atomic E-state index is -0.708. The number of carbonyl (C=O) groups excluding carboxylic acids is 3. The summed E-state index contributed by atoms with van der Waals surface area (Å²) in [5.74, 6) is -0.0147. The van der Waals surface area contributed by atoms with Crippen LogP contribution in [0.2, 0.25) is 0 Å². The van der Waals surface area contributed by atoms with Gasteiger partial charge >= 0.3 is 6.09 Å². The Morgan fingerprint density at radius 1 is 1.28 bits per heavy atom. The van der Waals surface area contributed by atoms with Gasteiger partial charge < -0.3 is 20.3 Å². The fraction of sp³-hybridized carbons (Fsp3) is 0.591. The standard InChI is InChI=1S/C22H31N3O4/c1-14(2)12-17(24-20(28)29-21(3,4)5)18(26)25-11-10-22(13-25)15-8-6-7-9-16(15)23-19(22)27/h6-9,14,17H,10-13H2,1-5H3,(H,23,27)(H,24,28)/t17-,22-/m0/s1. The molecule has 2 aliphatic rings. The zero-order chi connectivity index (χ0) is 21.4. The lowest BCUT2D eigenvalue weighted by Crippen LogP contribution is -2.50. The monoisotopic (exact) mass is 401 g/mol. The first-order valence-electron chi connectivity index (χ1n) is 10.2. The van der Waals surface area contributed by atoms with Crippen molar-refractivity contribution in [1.82, 2.24) is 10.2 Å². The molecule has 2 N–H and O–H groups in total. The summed E-state index contributed by atoms with van der Waals surface area (Å²) >= 11 is 0. The van der Waals surface area contributed by atoms with E-state index in [0.717, 1.165) is 11.3 Å². The van der Waals surface area contributed by atoms with Gasteiger partial charge in [-0.3, -0.25) is 9.59 Å². The van der Waals surface area contributed by atoms with E-state index in [-0.39, 0.29) is 17.7 Å². The van der Waals surface area contributed by atoms with Crippen LogP contribution >= 0.6 is 0 Å². The highest BCUT2D eigenvalue weighted by Crippen LogP contribution is 2.44. The molecule has 2 aliphatic heterocycles. The fourth-order valence-electron chi connectivity index (χ4n) is 4.14. The predicted molar refractivity (Wildman–Crippen MR) is 111 cm³/mol. The van der Waals surface area contributed by atoms with Crippen molar-refractivity contribution in [2.24, 2.45) is 5.92 Å². The molecular formula is C22H31N3O4. The van der Waals surface area contributed by atoms with Gasteiger partial charge in [0.05, 0.1) is 5.41 Å². The van der Waals surface area contributed by atoms with E-state index in [0.29, 0.717) is 25.9 Å². The third kappa shape index (κ3) is 4.38. The number of likely N-dealkylation sites (tertiary alicyclic amines) is 1. The first-order valence-corrected chi connectivity index (χ1v) is 10.2. The molecule has 7 nitrogen and oxygen atoms in total. The van der Waals surface area contributed by atoms with E-state index >= 15 is 0 Å². The summed E-state index contributed by atoms with van der Waals surface area (Å²) in [5, 5.41) is 5.68. The average molecular weight is 402 g/mol. The van der Waals surface area contributed by atoms with E-state index in [4.69, 9.17) is 4.74 Å². The Hall–Kier alpha value is -2.57. The molecule has 7 heteroatoms. The van der Waals surface area contributed by atoms with Crippen LogP contribution in [0.1, 0.15) is 53.0 Å². The lowest BCUT2D eigenvalue weighted by molar-refractivity contribution is -0.133. The second-order valence-electron chi connectivity index (χ2n) is 9.42. The van der Waals surface area contributed by atoms with Crippen molar-refractivity contribution in [1.29, 1.82) is 0 Å². The molecule has 158 valence electrons. The van der Waals surface area contributed by atoms with Gasteiger partial charge in [-0.15, -0.1) is 0 Å². The SMILES string of the molecule is CC(C)C[C@H](NC(=O)OC(C)(C)C)C(=O)N1CC[C@@]2(C1)C(=O)Nc1ccccc12. The Kier molecular flexibility index (Phi) is 5.61. The number of hydrogen-bond donors (Lipinski definition) is 2. The Morgan fingerprint density at radius 3 is 2.62 bits per heavy atom. The zero-order valence-electron chi connectivity index (χ0n) is 17.9. The van der Waals surface area contributed by atoms with Gasteiger partial charge in [0.2, 0.25) is 11.8 Å². The molecule has 1 fully saturated rings. The maximum absolute atomic E-state index is 13.3. The summed E-state index contributed by atoms with van der Waals surface area (Å²) in [6.07, 6.45) is 0.474. The van der Waals surface area contributed by atoms with E-state index in [1.165, 1.54) is 0 Å². The van der Waals surface area contributed by atoms with E-state index < -0.39 is 23.2 Å². The predicted octanol–water partition coefficient (Wildman–Crippen LogP) is 3.05. The summed E-state index contributed by atoms with van der Waals surface area (Å²) < 4.78 is 5.33. The van der Waals surface area contributed by atoms with Crippen LogP contribution in [-0.2, 0) is 19.7 Å². The largest absolute Gasteiger partial charge is 0.444 e. The summed E-state index contributed by atoms with van der Waals surface area (Å²) in [6, 6.07) is 6.96. The third-order valence-corrected chi connectivity index (χ3v) is 5.40. The number of benzene rings is 1. The topological polar surface area (TPSA) is 87.7 Å². The van der Waals surface area contributed by atoms with Gasteiger partial charge in [-0.05, 0) is 51.2 Å². The van der Waals surface area contributed by atoms with Crippen LogP contribution in [-0.4, -0.2) is 47.5 Å². The van der Waals surface area contributed by atoms with E-state index in [1.54, 1.807) is 25.7 Å². The highest BCUT2D eigenvalue weighted by molar-refractivity contribution is 6.07. The van der Waals surface area contributed by atoms with Crippen molar-refractivity contribution in [2.75, 3.05) is 18.4 Å². The summed E-state index contributed by atoms with van der Waals surface area (Å²) in [6.45, 7) is 10.2. The van der Waals surface area contributed by atoms with Gasteiger partial charge in [0.25, 0.3) is 0 Å². The van der Waals surface area contributed by atoms with E-state index in [2.05, 4.69) is 10.6 Å². The molecule has 2 atom stereocenters. The molecule has 1 aromatic carbocycles.